The molecule has 0 bridgehead atoms. The van der Waals surface area contributed by atoms with Gasteiger partial charge in [-0.1, -0.05) is 0 Å². The van der Waals surface area contributed by atoms with Crippen molar-refractivity contribution in [1.29, 1.82) is 0 Å². The van der Waals surface area contributed by atoms with E-state index in [1.807, 2.05) is 24.3 Å². The van der Waals surface area contributed by atoms with Gasteiger partial charge in [0, 0.05) is 30.1 Å². The van der Waals surface area contributed by atoms with Crippen molar-refractivity contribution >= 4 is 16.9 Å². The molecule has 9 nitrogen and oxygen atoms in total. The lowest BCUT2D eigenvalue weighted by Crippen LogP contribution is -2.44. The summed E-state index contributed by atoms with van der Waals surface area (Å²) in [6, 6.07) is 9.39. The standard InChI is InChI=1S/C23H23FN6O3/c1-14-13-33-10-9-29(14)21-17-4-5-18(15-3-6-19(32-2)16(11-15)12-31)26-20(17)27-23(28-21)30-8-7-25-22(30)24/h3-8,11,14,31H,9-10,12-13H2,1-2H3/t14-/m0/s1. The smallest absolute Gasteiger partial charge is 0.296 e. The summed E-state index contributed by atoms with van der Waals surface area (Å²) in [7, 11) is 1.56. The number of rotatable bonds is 5. The lowest BCUT2D eigenvalue weighted by atomic mass is 10.1. The lowest BCUT2D eigenvalue weighted by Gasteiger charge is -2.34. The van der Waals surface area contributed by atoms with E-state index in [1.54, 1.807) is 13.2 Å². The second-order valence-corrected chi connectivity index (χ2v) is 7.78. The molecule has 1 aliphatic rings. The van der Waals surface area contributed by atoms with E-state index < -0.39 is 6.08 Å². The monoisotopic (exact) mass is 450 g/mol. The summed E-state index contributed by atoms with van der Waals surface area (Å²) in [5.74, 6) is 1.43. The van der Waals surface area contributed by atoms with Gasteiger partial charge in [-0.05, 0) is 37.3 Å². The Morgan fingerprint density at radius 3 is 2.82 bits per heavy atom. The first-order chi connectivity index (χ1) is 16.1. The fourth-order valence-corrected chi connectivity index (χ4v) is 4.01. The molecule has 33 heavy (non-hydrogen) atoms. The van der Waals surface area contributed by atoms with Crippen molar-refractivity contribution in [3.63, 3.8) is 0 Å². The molecule has 0 spiro atoms. The van der Waals surface area contributed by atoms with Gasteiger partial charge in [0.05, 0.1) is 44.1 Å². The normalized spacial score (nSPS) is 16.4. The fourth-order valence-electron chi connectivity index (χ4n) is 4.01. The van der Waals surface area contributed by atoms with Gasteiger partial charge in [-0.15, -0.1) is 0 Å². The molecular weight excluding hydrogens is 427 g/mol. The Kier molecular flexibility index (Phi) is 5.61. The SMILES string of the molecule is COc1ccc(-c2ccc3c(N4CCOC[C@@H]4C)nc(-n4ccnc4F)nc3n2)cc1CO. The highest BCUT2D eigenvalue weighted by molar-refractivity contribution is 5.89. The third-order valence-corrected chi connectivity index (χ3v) is 5.73. The molecule has 0 saturated carbocycles. The molecule has 170 valence electrons. The van der Waals surface area contributed by atoms with Crippen molar-refractivity contribution in [1.82, 2.24) is 24.5 Å². The Morgan fingerprint density at radius 2 is 2.09 bits per heavy atom. The maximum Gasteiger partial charge on any atom is 0.296 e. The van der Waals surface area contributed by atoms with Crippen LogP contribution in [0, 0.1) is 6.08 Å². The van der Waals surface area contributed by atoms with Crippen LogP contribution in [0.15, 0.2) is 42.7 Å². The first-order valence-corrected chi connectivity index (χ1v) is 10.6. The number of hydrogen-bond acceptors (Lipinski definition) is 8. The molecule has 1 aliphatic heterocycles. The number of anilines is 1. The summed E-state index contributed by atoms with van der Waals surface area (Å²) in [5, 5.41) is 10.4. The summed E-state index contributed by atoms with van der Waals surface area (Å²) >= 11 is 0. The van der Waals surface area contributed by atoms with E-state index in [0.29, 0.717) is 48.2 Å². The zero-order chi connectivity index (χ0) is 22.9. The van der Waals surface area contributed by atoms with E-state index in [1.165, 1.54) is 17.0 Å². The summed E-state index contributed by atoms with van der Waals surface area (Å²) in [5.41, 5.74) is 2.55. The van der Waals surface area contributed by atoms with E-state index in [2.05, 4.69) is 26.8 Å². The van der Waals surface area contributed by atoms with Gasteiger partial charge in [0.25, 0.3) is 6.08 Å². The molecule has 10 heteroatoms. The van der Waals surface area contributed by atoms with Crippen LogP contribution in [0.25, 0.3) is 28.2 Å². The third kappa shape index (κ3) is 3.87. The quantitative estimate of drug-likeness (QED) is 0.496. The molecule has 0 amide bonds. The van der Waals surface area contributed by atoms with Crippen LogP contribution < -0.4 is 9.64 Å². The van der Waals surface area contributed by atoms with Crippen LogP contribution in [0.2, 0.25) is 0 Å². The first kappa shape index (κ1) is 21.2. The van der Waals surface area contributed by atoms with Gasteiger partial charge in [0.15, 0.2) is 5.65 Å². The highest BCUT2D eigenvalue weighted by Gasteiger charge is 2.24. The molecule has 0 radical (unpaired) electrons. The highest BCUT2D eigenvalue weighted by atomic mass is 19.1. The average Bonchev–Trinajstić information content (AvgIpc) is 3.28. The van der Waals surface area contributed by atoms with E-state index in [-0.39, 0.29) is 18.6 Å². The number of aromatic nitrogens is 5. The minimum absolute atomic E-state index is 0.0886. The number of imidazole rings is 1. The average molecular weight is 450 g/mol. The number of morpholine rings is 1. The number of halogens is 1. The fraction of sp³-hybridized carbons (Fsp3) is 0.304. The van der Waals surface area contributed by atoms with Gasteiger partial charge in [-0.2, -0.15) is 14.4 Å². The van der Waals surface area contributed by atoms with E-state index >= 15 is 0 Å². The maximum atomic E-state index is 14.3. The number of hydrogen-bond donors (Lipinski definition) is 1. The summed E-state index contributed by atoms with van der Waals surface area (Å²) < 4.78 is 26.3. The zero-order valence-electron chi connectivity index (χ0n) is 18.3. The van der Waals surface area contributed by atoms with Gasteiger partial charge in [0.2, 0.25) is 5.95 Å². The van der Waals surface area contributed by atoms with Gasteiger partial charge in [0.1, 0.15) is 11.6 Å². The topological polar surface area (TPSA) is 98.4 Å². The lowest BCUT2D eigenvalue weighted by molar-refractivity contribution is 0.0987. The van der Waals surface area contributed by atoms with Gasteiger partial charge in [-0.3, -0.25) is 0 Å². The molecule has 4 heterocycles. The Hall–Kier alpha value is -3.63. The molecule has 1 N–H and O–H groups in total. The van der Waals surface area contributed by atoms with Crippen LogP contribution >= 0.6 is 0 Å². The summed E-state index contributed by atoms with van der Waals surface area (Å²) in [6.45, 7) is 3.70. The van der Waals surface area contributed by atoms with Gasteiger partial charge < -0.3 is 19.5 Å². The van der Waals surface area contributed by atoms with Crippen molar-refractivity contribution < 1.29 is 19.0 Å². The molecule has 5 rings (SSSR count). The molecule has 1 atom stereocenters. The first-order valence-electron chi connectivity index (χ1n) is 10.6. The third-order valence-electron chi connectivity index (χ3n) is 5.73. The Labute approximate surface area is 189 Å². The van der Waals surface area contributed by atoms with Crippen LogP contribution in [0.1, 0.15) is 12.5 Å². The number of benzene rings is 1. The molecule has 0 unspecified atom stereocenters. The van der Waals surface area contributed by atoms with E-state index in [4.69, 9.17) is 14.5 Å². The maximum absolute atomic E-state index is 14.3. The molecule has 0 aliphatic carbocycles. The van der Waals surface area contributed by atoms with Crippen LogP contribution in [0.3, 0.4) is 0 Å². The van der Waals surface area contributed by atoms with Crippen LogP contribution in [-0.4, -0.2) is 62.5 Å². The second kappa shape index (κ2) is 8.72. The van der Waals surface area contributed by atoms with Crippen molar-refractivity contribution in [3.8, 4) is 23.0 Å². The van der Waals surface area contributed by atoms with E-state index in [0.717, 1.165) is 10.9 Å². The molecule has 1 saturated heterocycles. The van der Waals surface area contributed by atoms with E-state index in [9.17, 15) is 9.50 Å². The molecule has 3 aromatic heterocycles. The molecule has 1 aromatic carbocycles. The minimum Gasteiger partial charge on any atom is -0.496 e. The predicted molar refractivity (Wildman–Crippen MR) is 120 cm³/mol. The number of ether oxygens (including phenoxy) is 2. The second-order valence-electron chi connectivity index (χ2n) is 7.78. The molecular formula is C23H23FN6O3. The van der Waals surface area contributed by atoms with Crippen molar-refractivity contribution in [2.75, 3.05) is 31.8 Å². The summed E-state index contributed by atoms with van der Waals surface area (Å²) in [4.78, 5) is 19.8. The van der Waals surface area contributed by atoms with Crippen molar-refractivity contribution in [2.24, 2.45) is 0 Å². The van der Waals surface area contributed by atoms with Crippen molar-refractivity contribution in [2.45, 2.75) is 19.6 Å². The number of aliphatic hydroxyl groups excluding tert-OH is 1. The number of methoxy groups -OCH3 is 1. The zero-order valence-corrected chi connectivity index (χ0v) is 18.3. The highest BCUT2D eigenvalue weighted by Crippen LogP contribution is 2.31. The Bertz CT molecular complexity index is 1310. The number of fused-ring (bicyclic) bond motifs is 1. The Balaban J connectivity index is 1.68. The predicted octanol–water partition coefficient (Wildman–Crippen LogP) is 2.74. The number of pyridine rings is 1. The van der Waals surface area contributed by atoms with Gasteiger partial charge in [-0.25, -0.2) is 14.5 Å². The molecule has 1 fully saturated rings. The van der Waals surface area contributed by atoms with Crippen LogP contribution in [0.4, 0.5) is 10.2 Å². The van der Waals surface area contributed by atoms with Gasteiger partial charge >= 0.3 is 0 Å². The van der Waals surface area contributed by atoms with Crippen LogP contribution in [-0.2, 0) is 11.3 Å². The van der Waals surface area contributed by atoms with Crippen LogP contribution in [0.5, 0.6) is 5.75 Å². The largest absolute Gasteiger partial charge is 0.496 e. The number of nitrogens with zero attached hydrogens (tertiary/aromatic N) is 6. The molecule has 4 aromatic rings. The summed E-state index contributed by atoms with van der Waals surface area (Å²) in [6.07, 6.45) is 2.13. The minimum atomic E-state index is -0.700. The number of aliphatic hydroxyl groups is 1. The Morgan fingerprint density at radius 1 is 1.21 bits per heavy atom. The van der Waals surface area contributed by atoms with Crippen molar-refractivity contribution in [3.05, 3.63) is 54.4 Å².